The molecule has 0 saturated carbocycles. The van der Waals surface area contributed by atoms with Gasteiger partial charge in [0.1, 0.15) is 0 Å². The number of rotatable bonds is 5. The summed E-state index contributed by atoms with van der Waals surface area (Å²) >= 11 is 0. The van der Waals surface area contributed by atoms with Gasteiger partial charge in [-0.2, -0.15) is 0 Å². The number of phenolic OH excluding ortho intramolecular Hbond substituents is 1. The number of hydrogen-bond acceptors (Lipinski definition) is 5. The lowest BCUT2D eigenvalue weighted by Gasteiger charge is -2.23. The molecule has 1 atom stereocenters. The zero-order valence-corrected chi connectivity index (χ0v) is 14.6. The maximum absolute atomic E-state index is 9.70. The predicted molar refractivity (Wildman–Crippen MR) is 94.3 cm³/mol. The van der Waals surface area contributed by atoms with E-state index in [2.05, 4.69) is 24.0 Å². The highest BCUT2D eigenvalue weighted by atomic mass is 16.7. The fourth-order valence-electron chi connectivity index (χ4n) is 3.56. The van der Waals surface area contributed by atoms with Crippen molar-refractivity contribution in [2.24, 2.45) is 0 Å². The minimum absolute atomic E-state index is 0.187. The number of fused-ring (bicyclic) bond motifs is 2. The molecular formula is C20H23NO4. The van der Waals surface area contributed by atoms with Crippen molar-refractivity contribution < 1.29 is 19.3 Å². The molecule has 0 amide bonds. The second kappa shape index (κ2) is 6.48. The fraction of sp³-hybridized carbons (Fsp3) is 0.400. The molecule has 2 aliphatic rings. The van der Waals surface area contributed by atoms with E-state index in [0.717, 1.165) is 37.4 Å². The SMILES string of the molecule is COc1cc(CC[C@@H](C)N2Cc3cc4c(cc3C2)OCO4)ccc1O. The van der Waals surface area contributed by atoms with Crippen molar-refractivity contribution in [1.82, 2.24) is 4.90 Å². The smallest absolute Gasteiger partial charge is 0.231 e. The zero-order valence-electron chi connectivity index (χ0n) is 14.6. The number of phenols is 1. The monoisotopic (exact) mass is 341 g/mol. The Hall–Kier alpha value is -2.40. The van der Waals surface area contributed by atoms with Gasteiger partial charge in [-0.3, -0.25) is 4.90 Å². The van der Waals surface area contributed by atoms with Gasteiger partial charge in [-0.05, 0) is 60.7 Å². The van der Waals surface area contributed by atoms with Gasteiger partial charge in [-0.1, -0.05) is 6.07 Å². The molecule has 25 heavy (non-hydrogen) atoms. The molecule has 2 heterocycles. The van der Waals surface area contributed by atoms with Crippen LogP contribution in [0.3, 0.4) is 0 Å². The van der Waals surface area contributed by atoms with Crippen LogP contribution in [-0.2, 0) is 19.5 Å². The molecule has 4 rings (SSSR count). The first-order valence-corrected chi connectivity index (χ1v) is 8.65. The summed E-state index contributed by atoms with van der Waals surface area (Å²) in [5.74, 6) is 2.45. The Morgan fingerprint density at radius 3 is 2.44 bits per heavy atom. The Balaban J connectivity index is 1.38. The molecule has 0 bridgehead atoms. The molecule has 0 radical (unpaired) electrons. The first kappa shape index (κ1) is 16.1. The summed E-state index contributed by atoms with van der Waals surface area (Å²) in [4.78, 5) is 2.48. The highest BCUT2D eigenvalue weighted by Crippen LogP contribution is 2.38. The zero-order chi connectivity index (χ0) is 17.4. The number of hydrogen-bond donors (Lipinski definition) is 1. The highest BCUT2D eigenvalue weighted by molar-refractivity contribution is 5.50. The molecular weight excluding hydrogens is 318 g/mol. The topological polar surface area (TPSA) is 51.2 Å². The number of ether oxygens (including phenoxy) is 3. The molecule has 2 aliphatic heterocycles. The van der Waals surface area contributed by atoms with Gasteiger partial charge >= 0.3 is 0 Å². The van der Waals surface area contributed by atoms with Crippen LogP contribution in [-0.4, -0.2) is 30.0 Å². The normalized spacial score (nSPS) is 16.7. The molecule has 5 heteroatoms. The van der Waals surface area contributed by atoms with Crippen LogP contribution in [0.25, 0.3) is 0 Å². The maximum atomic E-state index is 9.70. The third kappa shape index (κ3) is 3.12. The fourth-order valence-corrected chi connectivity index (χ4v) is 3.56. The Morgan fingerprint density at radius 1 is 1.12 bits per heavy atom. The van der Waals surface area contributed by atoms with Crippen molar-refractivity contribution >= 4 is 0 Å². The molecule has 0 fully saturated rings. The number of aromatic hydroxyl groups is 1. The van der Waals surface area contributed by atoms with Crippen molar-refractivity contribution in [3.63, 3.8) is 0 Å². The van der Waals surface area contributed by atoms with Crippen LogP contribution in [0.2, 0.25) is 0 Å². The molecule has 0 spiro atoms. The van der Waals surface area contributed by atoms with Crippen molar-refractivity contribution in [2.75, 3.05) is 13.9 Å². The molecule has 132 valence electrons. The van der Waals surface area contributed by atoms with Gasteiger partial charge in [0, 0.05) is 19.1 Å². The van der Waals surface area contributed by atoms with Gasteiger partial charge in [0.15, 0.2) is 23.0 Å². The van der Waals surface area contributed by atoms with Crippen molar-refractivity contribution in [3.8, 4) is 23.0 Å². The van der Waals surface area contributed by atoms with Gasteiger partial charge < -0.3 is 19.3 Å². The number of benzene rings is 2. The van der Waals surface area contributed by atoms with Gasteiger partial charge in [0.05, 0.1) is 7.11 Å². The Morgan fingerprint density at radius 2 is 1.80 bits per heavy atom. The number of methoxy groups -OCH3 is 1. The standard InChI is InChI=1S/C20H23NO4/c1-13(3-4-14-5-6-17(22)18(7-14)23-2)21-10-15-8-19-20(25-12-24-19)9-16(15)11-21/h5-9,13,22H,3-4,10-12H2,1-2H3/t13-/m1/s1. The summed E-state index contributed by atoms with van der Waals surface area (Å²) in [7, 11) is 1.58. The largest absolute Gasteiger partial charge is 0.504 e. The van der Waals surface area contributed by atoms with Gasteiger partial charge in [-0.15, -0.1) is 0 Å². The molecule has 0 aliphatic carbocycles. The van der Waals surface area contributed by atoms with E-state index in [9.17, 15) is 5.11 Å². The lowest BCUT2D eigenvalue weighted by Crippen LogP contribution is -2.28. The summed E-state index contributed by atoms with van der Waals surface area (Å²) in [6.07, 6.45) is 2.00. The summed E-state index contributed by atoms with van der Waals surface area (Å²) < 4.78 is 16.2. The van der Waals surface area contributed by atoms with Gasteiger partial charge in [0.25, 0.3) is 0 Å². The average molecular weight is 341 g/mol. The number of nitrogens with zero attached hydrogens (tertiary/aromatic N) is 1. The van der Waals surface area contributed by atoms with Crippen molar-refractivity contribution in [1.29, 1.82) is 0 Å². The van der Waals surface area contributed by atoms with E-state index in [0.29, 0.717) is 18.6 Å². The first-order chi connectivity index (χ1) is 12.1. The minimum Gasteiger partial charge on any atom is -0.504 e. The molecule has 0 saturated heterocycles. The third-order valence-electron chi connectivity index (χ3n) is 5.16. The van der Waals surface area contributed by atoms with Gasteiger partial charge in [-0.25, -0.2) is 0 Å². The van der Waals surface area contributed by atoms with E-state index in [1.807, 2.05) is 12.1 Å². The Kier molecular flexibility index (Phi) is 4.17. The average Bonchev–Trinajstić information content (AvgIpc) is 3.24. The van der Waals surface area contributed by atoms with Crippen molar-refractivity contribution in [3.05, 3.63) is 47.0 Å². The summed E-state index contributed by atoms with van der Waals surface area (Å²) in [6, 6.07) is 10.3. The van der Waals surface area contributed by atoms with E-state index >= 15 is 0 Å². The van der Waals surface area contributed by atoms with Crippen LogP contribution in [0.5, 0.6) is 23.0 Å². The first-order valence-electron chi connectivity index (χ1n) is 8.65. The molecule has 2 aromatic carbocycles. The van der Waals surface area contributed by atoms with E-state index in [1.54, 1.807) is 13.2 Å². The Bertz CT molecular complexity index is 757. The second-order valence-corrected chi connectivity index (χ2v) is 6.77. The summed E-state index contributed by atoms with van der Waals surface area (Å²) in [5.41, 5.74) is 3.85. The van der Waals surface area contributed by atoms with Crippen LogP contribution in [0.4, 0.5) is 0 Å². The van der Waals surface area contributed by atoms with E-state index in [-0.39, 0.29) is 5.75 Å². The van der Waals surface area contributed by atoms with Crippen molar-refractivity contribution in [2.45, 2.75) is 38.9 Å². The molecule has 2 aromatic rings. The third-order valence-corrected chi connectivity index (χ3v) is 5.16. The van der Waals surface area contributed by atoms with E-state index < -0.39 is 0 Å². The van der Waals surface area contributed by atoms with E-state index in [1.165, 1.54) is 16.7 Å². The predicted octanol–water partition coefficient (Wildman–Crippen LogP) is 3.47. The van der Waals surface area contributed by atoms with Crippen LogP contribution >= 0.6 is 0 Å². The molecule has 5 nitrogen and oxygen atoms in total. The quantitative estimate of drug-likeness (QED) is 0.902. The van der Waals surface area contributed by atoms with Crippen LogP contribution < -0.4 is 14.2 Å². The number of aryl methyl sites for hydroxylation is 1. The molecule has 1 N–H and O–H groups in total. The van der Waals surface area contributed by atoms with Crippen LogP contribution in [0.1, 0.15) is 30.0 Å². The Labute approximate surface area is 147 Å². The molecule has 0 unspecified atom stereocenters. The van der Waals surface area contributed by atoms with Crippen LogP contribution in [0, 0.1) is 0 Å². The second-order valence-electron chi connectivity index (χ2n) is 6.77. The minimum atomic E-state index is 0.187. The van der Waals surface area contributed by atoms with Gasteiger partial charge in [0.2, 0.25) is 6.79 Å². The van der Waals surface area contributed by atoms with Crippen LogP contribution in [0.15, 0.2) is 30.3 Å². The molecule has 0 aromatic heterocycles. The maximum Gasteiger partial charge on any atom is 0.231 e. The van der Waals surface area contributed by atoms with E-state index in [4.69, 9.17) is 14.2 Å². The summed E-state index contributed by atoms with van der Waals surface area (Å²) in [5, 5.41) is 9.70. The lowest BCUT2D eigenvalue weighted by molar-refractivity contribution is 0.173. The summed E-state index contributed by atoms with van der Waals surface area (Å²) in [6.45, 7) is 4.50. The lowest BCUT2D eigenvalue weighted by atomic mass is 10.0. The highest BCUT2D eigenvalue weighted by Gasteiger charge is 2.26.